The first kappa shape index (κ1) is 8.95. The normalized spacial score (nSPS) is 36.4. The molecule has 0 aromatic heterocycles. The van der Waals surface area contributed by atoms with Crippen molar-refractivity contribution in [1.29, 1.82) is 0 Å². The van der Waals surface area contributed by atoms with Crippen LogP contribution in [-0.2, 0) is 0 Å². The number of hydrogen-bond donors (Lipinski definition) is 0. The van der Waals surface area contributed by atoms with Crippen molar-refractivity contribution in [1.82, 2.24) is 0 Å². The molecule has 0 saturated carbocycles. The molecule has 0 saturated heterocycles. The van der Waals surface area contributed by atoms with E-state index in [9.17, 15) is 0 Å². The van der Waals surface area contributed by atoms with Gasteiger partial charge in [-0.3, -0.25) is 0 Å². The Morgan fingerprint density at radius 1 is 0.933 bits per heavy atom. The Morgan fingerprint density at radius 2 is 1.87 bits per heavy atom. The minimum Gasteiger partial charge on any atom is -0.103 e. The van der Waals surface area contributed by atoms with Crippen molar-refractivity contribution in [2.24, 2.45) is 17.8 Å². The van der Waals surface area contributed by atoms with Crippen molar-refractivity contribution in [3.05, 3.63) is 5.92 Å². The van der Waals surface area contributed by atoms with Crippen molar-refractivity contribution in [3.8, 4) is 35.5 Å². The average molecular weight is 193 g/mol. The van der Waals surface area contributed by atoms with Crippen molar-refractivity contribution in [3.63, 3.8) is 0 Å². The van der Waals surface area contributed by atoms with E-state index in [1.54, 1.807) is 0 Å². The molecule has 15 heavy (non-hydrogen) atoms. The summed E-state index contributed by atoms with van der Waals surface area (Å²) in [6, 6.07) is 0. The third-order valence-corrected chi connectivity index (χ3v) is 3.49. The predicted octanol–water partition coefficient (Wildman–Crippen LogP) is 2.41. The Labute approximate surface area is 91.8 Å². The van der Waals surface area contributed by atoms with Crippen LogP contribution >= 0.6 is 0 Å². The van der Waals surface area contributed by atoms with Crippen LogP contribution in [-0.4, -0.2) is 0 Å². The first-order chi connectivity index (χ1) is 7.43. The molecule has 0 aromatic carbocycles. The van der Waals surface area contributed by atoms with Crippen LogP contribution in [0.1, 0.15) is 32.1 Å². The Balaban J connectivity index is 1.67. The number of hydrogen-bond acceptors (Lipinski definition) is 0. The Hall–Kier alpha value is -1.32. The lowest BCUT2D eigenvalue weighted by Gasteiger charge is -2.26. The van der Waals surface area contributed by atoms with Gasteiger partial charge in [-0.25, -0.2) is 0 Å². The van der Waals surface area contributed by atoms with E-state index in [1.165, 1.54) is 18.8 Å². The highest BCUT2D eigenvalue weighted by atomic mass is 14.3. The van der Waals surface area contributed by atoms with Gasteiger partial charge in [0.1, 0.15) is 0 Å². The van der Waals surface area contributed by atoms with E-state index in [1.807, 2.05) is 0 Å². The molecule has 0 aliphatic heterocycles. The van der Waals surface area contributed by atoms with Crippen LogP contribution in [0, 0.1) is 59.2 Å². The van der Waals surface area contributed by atoms with Crippen LogP contribution in [0.5, 0.6) is 0 Å². The lowest BCUT2D eigenvalue weighted by molar-refractivity contribution is 0.438. The molecular formula is C15H13. The molecular weight excluding hydrogens is 180 g/mol. The van der Waals surface area contributed by atoms with E-state index < -0.39 is 0 Å². The van der Waals surface area contributed by atoms with Gasteiger partial charge in [0.2, 0.25) is 0 Å². The summed E-state index contributed by atoms with van der Waals surface area (Å²) in [7, 11) is 0. The fraction of sp³-hybridized carbons (Fsp3) is 0.533. The summed E-state index contributed by atoms with van der Waals surface area (Å²) in [5.74, 6) is 22.5. The second-order valence-electron chi connectivity index (χ2n) is 4.48. The first-order valence-corrected chi connectivity index (χ1v) is 5.77. The van der Waals surface area contributed by atoms with E-state index >= 15 is 0 Å². The zero-order chi connectivity index (χ0) is 10.1. The van der Waals surface area contributed by atoms with E-state index in [0.717, 1.165) is 19.3 Å². The Kier molecular flexibility index (Phi) is 2.19. The average Bonchev–Trinajstić information content (AvgIpc) is 2.69. The van der Waals surface area contributed by atoms with Crippen molar-refractivity contribution >= 4 is 0 Å². The molecule has 1 radical (unpaired) electrons. The van der Waals surface area contributed by atoms with Gasteiger partial charge >= 0.3 is 0 Å². The second-order valence-corrected chi connectivity index (χ2v) is 4.48. The maximum Gasteiger partial charge on any atom is 0.0629 e. The molecule has 3 unspecified atom stereocenters. The van der Waals surface area contributed by atoms with Gasteiger partial charge in [-0.1, -0.05) is 23.7 Å². The fourth-order valence-electron chi connectivity index (χ4n) is 2.40. The van der Waals surface area contributed by atoms with Crippen LogP contribution in [0.3, 0.4) is 0 Å². The van der Waals surface area contributed by atoms with Gasteiger partial charge in [-0.2, -0.15) is 0 Å². The molecule has 73 valence electrons. The Morgan fingerprint density at radius 3 is 2.40 bits per heavy atom. The van der Waals surface area contributed by atoms with Gasteiger partial charge < -0.3 is 0 Å². The van der Waals surface area contributed by atoms with E-state index in [0.29, 0.717) is 17.8 Å². The van der Waals surface area contributed by atoms with Crippen molar-refractivity contribution in [2.45, 2.75) is 32.1 Å². The quantitative estimate of drug-likeness (QED) is 0.591. The smallest absolute Gasteiger partial charge is 0.0629 e. The molecule has 0 N–H and O–H groups in total. The largest absolute Gasteiger partial charge is 0.103 e. The minimum absolute atomic E-state index is 0.492. The van der Waals surface area contributed by atoms with Crippen molar-refractivity contribution < 1.29 is 0 Å². The first-order valence-electron chi connectivity index (χ1n) is 5.77. The molecule has 0 amide bonds. The minimum atomic E-state index is 0.492. The van der Waals surface area contributed by atoms with Gasteiger partial charge in [-0.05, 0) is 19.3 Å². The SMILES string of the molecule is C1#CC([C]2C#CC(C3C#CC3)CC2)CC1. The molecule has 0 heteroatoms. The standard InChI is InChI=1S/C15H13/c1-2-5-12(4-1)14-8-10-15(11-9-14)13-6-3-7-13/h12-13,15H,1,4,6,8,10H2. The third kappa shape index (κ3) is 1.64. The van der Waals surface area contributed by atoms with E-state index in [4.69, 9.17) is 0 Å². The monoisotopic (exact) mass is 193 g/mol. The molecule has 3 atom stereocenters. The molecule has 0 bridgehead atoms. The lowest BCUT2D eigenvalue weighted by Crippen LogP contribution is -2.21. The third-order valence-electron chi connectivity index (χ3n) is 3.49. The van der Waals surface area contributed by atoms with Crippen LogP contribution in [0.2, 0.25) is 0 Å². The topological polar surface area (TPSA) is 0 Å². The summed E-state index contributed by atoms with van der Waals surface area (Å²) in [6.45, 7) is 0. The molecule has 3 aliphatic carbocycles. The van der Waals surface area contributed by atoms with Crippen LogP contribution in [0.25, 0.3) is 0 Å². The summed E-state index contributed by atoms with van der Waals surface area (Å²) in [5, 5.41) is 0. The highest BCUT2D eigenvalue weighted by Gasteiger charge is 2.28. The second kappa shape index (κ2) is 3.68. The fourth-order valence-corrected chi connectivity index (χ4v) is 2.40. The molecule has 0 heterocycles. The summed E-state index contributed by atoms with van der Waals surface area (Å²) >= 11 is 0. The maximum atomic E-state index is 3.39. The number of rotatable bonds is 2. The lowest BCUT2D eigenvalue weighted by atomic mass is 9.76. The van der Waals surface area contributed by atoms with Gasteiger partial charge in [0, 0.05) is 30.6 Å². The molecule has 0 spiro atoms. The zero-order valence-electron chi connectivity index (χ0n) is 8.77. The Bertz CT molecular complexity index is 438. The zero-order valence-corrected chi connectivity index (χ0v) is 8.77. The van der Waals surface area contributed by atoms with Crippen LogP contribution < -0.4 is 0 Å². The van der Waals surface area contributed by atoms with E-state index in [2.05, 4.69) is 35.5 Å². The summed E-state index contributed by atoms with van der Waals surface area (Å²) < 4.78 is 0. The predicted molar refractivity (Wildman–Crippen MR) is 60.1 cm³/mol. The molecule has 3 rings (SSSR count). The van der Waals surface area contributed by atoms with Gasteiger partial charge in [0.05, 0.1) is 5.92 Å². The molecule has 0 aromatic rings. The van der Waals surface area contributed by atoms with Gasteiger partial charge in [0.15, 0.2) is 0 Å². The van der Waals surface area contributed by atoms with Crippen LogP contribution in [0.15, 0.2) is 0 Å². The summed E-state index contributed by atoms with van der Waals surface area (Å²) in [5.41, 5.74) is 0. The summed E-state index contributed by atoms with van der Waals surface area (Å²) in [4.78, 5) is 0. The maximum absolute atomic E-state index is 3.39. The summed E-state index contributed by atoms with van der Waals surface area (Å²) in [6.07, 6.45) is 5.68. The van der Waals surface area contributed by atoms with Gasteiger partial charge in [0.25, 0.3) is 0 Å². The van der Waals surface area contributed by atoms with Gasteiger partial charge in [-0.15, -0.1) is 11.8 Å². The molecule has 3 aliphatic rings. The molecule has 0 fully saturated rings. The van der Waals surface area contributed by atoms with Crippen LogP contribution in [0.4, 0.5) is 0 Å². The highest BCUT2D eigenvalue weighted by Crippen LogP contribution is 2.34. The highest BCUT2D eigenvalue weighted by molar-refractivity contribution is 5.36. The van der Waals surface area contributed by atoms with Crippen molar-refractivity contribution in [2.75, 3.05) is 0 Å². The molecule has 0 nitrogen and oxygen atoms in total. The van der Waals surface area contributed by atoms with E-state index in [-0.39, 0.29) is 0 Å².